The number of ether oxygens (including phenoxy) is 3. The van der Waals surface area contributed by atoms with Gasteiger partial charge in [0.15, 0.2) is 6.10 Å². The van der Waals surface area contributed by atoms with Gasteiger partial charge < -0.3 is 14.2 Å². The molecule has 48 heavy (non-hydrogen) atoms. The summed E-state index contributed by atoms with van der Waals surface area (Å²) in [5.74, 6) is 0.0147. The molecule has 0 saturated heterocycles. The molecule has 0 bridgehead atoms. The molecule has 284 valence electrons. The molecule has 0 amide bonds. The van der Waals surface area contributed by atoms with Crippen molar-refractivity contribution in [3.63, 3.8) is 0 Å². The molecule has 0 saturated carbocycles. The Morgan fingerprint density at radius 3 is 1.08 bits per heavy atom. The molecule has 1 unspecified atom stereocenters. The Hall–Kier alpha value is -1.59. The van der Waals surface area contributed by atoms with Crippen molar-refractivity contribution in [2.45, 2.75) is 233 Å². The van der Waals surface area contributed by atoms with Crippen molar-refractivity contribution in [2.24, 2.45) is 5.92 Å². The minimum absolute atomic E-state index is 0.0661. The molecule has 0 aromatic carbocycles. The van der Waals surface area contributed by atoms with Crippen LogP contribution in [0.3, 0.4) is 0 Å². The molecule has 2 atom stereocenters. The van der Waals surface area contributed by atoms with Gasteiger partial charge in [-0.15, -0.1) is 0 Å². The first kappa shape index (κ1) is 46.4. The maximum atomic E-state index is 12.4. The summed E-state index contributed by atoms with van der Waals surface area (Å²) >= 11 is 0. The van der Waals surface area contributed by atoms with Gasteiger partial charge in [0.05, 0.1) is 0 Å². The van der Waals surface area contributed by atoms with Crippen LogP contribution in [0.1, 0.15) is 227 Å². The summed E-state index contributed by atoms with van der Waals surface area (Å²) in [6, 6.07) is 0. The molecule has 0 rings (SSSR count). The second-order valence-electron chi connectivity index (χ2n) is 14.5. The highest BCUT2D eigenvalue weighted by Gasteiger charge is 2.19. The summed E-state index contributed by atoms with van der Waals surface area (Å²) < 4.78 is 16.5. The van der Waals surface area contributed by atoms with Gasteiger partial charge in [-0.1, -0.05) is 188 Å². The van der Waals surface area contributed by atoms with E-state index in [9.17, 15) is 14.4 Å². The Morgan fingerprint density at radius 2 is 0.729 bits per heavy atom. The van der Waals surface area contributed by atoms with Crippen molar-refractivity contribution in [2.75, 3.05) is 13.2 Å². The lowest BCUT2D eigenvalue weighted by atomic mass is 9.99. The smallest absolute Gasteiger partial charge is 0.306 e. The zero-order valence-corrected chi connectivity index (χ0v) is 32.4. The number of hydrogen-bond donors (Lipinski definition) is 0. The summed E-state index contributed by atoms with van der Waals surface area (Å²) in [6.45, 7) is 8.90. The van der Waals surface area contributed by atoms with Crippen LogP contribution in [-0.2, 0) is 28.6 Å². The second kappa shape index (κ2) is 36.7. The number of esters is 3. The Morgan fingerprint density at radius 1 is 0.417 bits per heavy atom. The van der Waals surface area contributed by atoms with Gasteiger partial charge >= 0.3 is 17.9 Å². The maximum absolute atomic E-state index is 12.4. The molecule has 0 fully saturated rings. The fourth-order valence-electron chi connectivity index (χ4n) is 6.06. The van der Waals surface area contributed by atoms with E-state index in [2.05, 4.69) is 27.7 Å². The van der Waals surface area contributed by atoms with Gasteiger partial charge in [0.2, 0.25) is 0 Å². The zero-order valence-electron chi connectivity index (χ0n) is 32.4. The quantitative estimate of drug-likeness (QED) is 0.0369. The second-order valence-corrected chi connectivity index (χ2v) is 14.5. The minimum atomic E-state index is -0.755. The molecule has 6 nitrogen and oxygen atoms in total. The van der Waals surface area contributed by atoms with E-state index >= 15 is 0 Å². The van der Waals surface area contributed by atoms with Crippen LogP contribution in [0.25, 0.3) is 0 Å². The first-order valence-electron chi connectivity index (χ1n) is 20.9. The van der Waals surface area contributed by atoms with E-state index < -0.39 is 6.10 Å². The molecule has 0 aliphatic carbocycles. The van der Waals surface area contributed by atoms with Crippen LogP contribution < -0.4 is 0 Å². The molecule has 0 radical (unpaired) electrons. The SMILES string of the molecule is CCCCCCCCCC(=O)OC[C@H](COC(=O)CCCCCCCCCCCCCCCCC(C)CC)OC(=O)CCCCCCC. The van der Waals surface area contributed by atoms with Crippen molar-refractivity contribution in [3.05, 3.63) is 0 Å². The van der Waals surface area contributed by atoms with Crippen molar-refractivity contribution >= 4 is 17.9 Å². The highest BCUT2D eigenvalue weighted by atomic mass is 16.6. The molecule has 0 N–H and O–H groups in total. The lowest BCUT2D eigenvalue weighted by molar-refractivity contribution is -0.167. The van der Waals surface area contributed by atoms with Crippen LogP contribution in [0.15, 0.2) is 0 Å². The summed E-state index contributed by atoms with van der Waals surface area (Å²) in [6.07, 6.45) is 34.1. The lowest BCUT2D eigenvalue weighted by Gasteiger charge is -2.18. The average Bonchev–Trinajstić information content (AvgIpc) is 3.08. The van der Waals surface area contributed by atoms with Crippen molar-refractivity contribution in [1.29, 1.82) is 0 Å². The first-order chi connectivity index (χ1) is 23.4. The van der Waals surface area contributed by atoms with E-state index in [4.69, 9.17) is 14.2 Å². The Kier molecular flexibility index (Phi) is 35.5. The lowest BCUT2D eigenvalue weighted by Crippen LogP contribution is -2.30. The molecule has 0 aromatic rings. The minimum Gasteiger partial charge on any atom is -0.462 e. The van der Waals surface area contributed by atoms with Crippen molar-refractivity contribution < 1.29 is 28.6 Å². The fourth-order valence-corrected chi connectivity index (χ4v) is 6.06. The Balaban J connectivity index is 4.06. The third-order valence-electron chi connectivity index (χ3n) is 9.65. The summed E-state index contributed by atoms with van der Waals surface area (Å²) in [5, 5.41) is 0. The first-order valence-corrected chi connectivity index (χ1v) is 20.9. The molecular weight excluding hydrogens is 600 g/mol. The normalized spacial score (nSPS) is 12.5. The van der Waals surface area contributed by atoms with Gasteiger partial charge in [-0.2, -0.15) is 0 Å². The monoisotopic (exact) mass is 681 g/mol. The average molecular weight is 681 g/mol. The number of carbonyl (C=O) groups is 3. The fraction of sp³-hybridized carbons (Fsp3) is 0.929. The van der Waals surface area contributed by atoms with E-state index in [1.165, 1.54) is 116 Å². The van der Waals surface area contributed by atoms with Crippen LogP contribution in [0, 0.1) is 5.92 Å². The predicted molar refractivity (Wildman–Crippen MR) is 201 cm³/mol. The number of rotatable bonds is 37. The largest absolute Gasteiger partial charge is 0.462 e. The molecule has 6 heteroatoms. The van der Waals surface area contributed by atoms with Crippen LogP contribution in [0.4, 0.5) is 0 Å². The van der Waals surface area contributed by atoms with Crippen molar-refractivity contribution in [3.8, 4) is 0 Å². The number of hydrogen-bond acceptors (Lipinski definition) is 6. The number of unbranched alkanes of at least 4 members (excludes halogenated alkanes) is 23. The summed E-state index contributed by atoms with van der Waals surface area (Å²) in [7, 11) is 0. The van der Waals surface area contributed by atoms with Gasteiger partial charge in [0, 0.05) is 19.3 Å². The van der Waals surface area contributed by atoms with Gasteiger partial charge in [0.25, 0.3) is 0 Å². The van der Waals surface area contributed by atoms with Crippen LogP contribution >= 0.6 is 0 Å². The van der Waals surface area contributed by atoms with Crippen LogP contribution in [0.5, 0.6) is 0 Å². The third kappa shape index (κ3) is 34.3. The van der Waals surface area contributed by atoms with Gasteiger partial charge in [0.1, 0.15) is 13.2 Å². The summed E-state index contributed by atoms with van der Waals surface area (Å²) in [4.78, 5) is 37.2. The summed E-state index contributed by atoms with van der Waals surface area (Å²) in [5.41, 5.74) is 0. The van der Waals surface area contributed by atoms with E-state index in [0.29, 0.717) is 19.3 Å². The molecule has 0 aromatic heterocycles. The Bertz CT molecular complexity index is 723. The highest BCUT2D eigenvalue weighted by Crippen LogP contribution is 2.16. The molecule has 0 aliphatic rings. The van der Waals surface area contributed by atoms with Crippen molar-refractivity contribution in [1.82, 2.24) is 0 Å². The van der Waals surface area contributed by atoms with Crippen LogP contribution in [-0.4, -0.2) is 37.2 Å². The van der Waals surface area contributed by atoms with E-state index in [-0.39, 0.29) is 31.1 Å². The molecule has 0 heterocycles. The van der Waals surface area contributed by atoms with E-state index in [1.807, 2.05) is 0 Å². The van der Waals surface area contributed by atoms with Crippen LogP contribution in [0.2, 0.25) is 0 Å². The van der Waals surface area contributed by atoms with E-state index in [1.54, 1.807) is 0 Å². The predicted octanol–water partition coefficient (Wildman–Crippen LogP) is 12.8. The van der Waals surface area contributed by atoms with Gasteiger partial charge in [-0.05, 0) is 25.2 Å². The highest BCUT2D eigenvalue weighted by molar-refractivity contribution is 5.71. The Labute approximate surface area is 298 Å². The topological polar surface area (TPSA) is 78.9 Å². The third-order valence-corrected chi connectivity index (χ3v) is 9.65. The number of carbonyl (C=O) groups excluding carboxylic acids is 3. The van der Waals surface area contributed by atoms with Gasteiger partial charge in [-0.3, -0.25) is 14.4 Å². The standard InChI is InChI=1S/C42H80O6/c1-5-8-10-12-21-26-29-33-40(43)46-36-39(48-42(45)35-31-24-11-9-6-2)37-47-41(44)34-30-27-23-20-18-16-14-13-15-17-19-22-25-28-32-38(4)7-3/h38-39H,5-37H2,1-4H3/t38?,39-/m1/s1. The molecule has 0 aliphatic heterocycles. The van der Waals surface area contributed by atoms with Gasteiger partial charge in [-0.25, -0.2) is 0 Å². The maximum Gasteiger partial charge on any atom is 0.306 e. The van der Waals surface area contributed by atoms with E-state index in [0.717, 1.165) is 70.1 Å². The molecular formula is C42H80O6. The zero-order chi connectivity index (χ0) is 35.3. The molecule has 0 spiro atoms.